The Morgan fingerprint density at radius 3 is 2.83 bits per heavy atom. The van der Waals surface area contributed by atoms with Crippen LogP contribution >= 0.6 is 0 Å². The van der Waals surface area contributed by atoms with Crippen LogP contribution in [0.5, 0.6) is 5.75 Å². The van der Waals surface area contributed by atoms with Crippen molar-refractivity contribution in [1.82, 2.24) is 15.5 Å². The second-order valence-electron chi connectivity index (χ2n) is 7.80. The van der Waals surface area contributed by atoms with Crippen molar-refractivity contribution < 1.29 is 19.1 Å². The molecule has 7 nitrogen and oxygen atoms in total. The summed E-state index contributed by atoms with van der Waals surface area (Å²) >= 11 is 0. The normalized spacial score (nSPS) is 19.7. The number of ether oxygens (including phenoxy) is 1. The molecule has 0 radical (unpaired) electrons. The number of aryl methyl sites for hydroxylation is 2. The first-order chi connectivity index (χ1) is 14.4. The topological polar surface area (TPSA) is 87.7 Å². The van der Waals surface area contributed by atoms with Gasteiger partial charge in [-0.2, -0.15) is 0 Å². The highest BCUT2D eigenvalue weighted by molar-refractivity contribution is 6.09. The fourth-order valence-corrected chi connectivity index (χ4v) is 4.37. The smallest absolute Gasteiger partial charge is 0.325 e. The van der Waals surface area contributed by atoms with Gasteiger partial charge in [0.2, 0.25) is 5.91 Å². The van der Waals surface area contributed by atoms with Crippen LogP contribution in [-0.2, 0) is 28.0 Å². The molecular formula is C23H25N3O4. The van der Waals surface area contributed by atoms with E-state index < -0.39 is 11.6 Å². The molecule has 4 rings (SSSR count). The van der Waals surface area contributed by atoms with Gasteiger partial charge in [0.1, 0.15) is 17.8 Å². The third-order valence-electron chi connectivity index (χ3n) is 5.88. The maximum atomic E-state index is 13.1. The highest BCUT2D eigenvalue weighted by Crippen LogP contribution is 2.41. The summed E-state index contributed by atoms with van der Waals surface area (Å²) in [6.45, 7) is 2.09. The number of hydrogen-bond acceptors (Lipinski definition) is 4. The van der Waals surface area contributed by atoms with Crippen molar-refractivity contribution >= 4 is 17.8 Å². The zero-order valence-corrected chi connectivity index (χ0v) is 17.2. The Hall–Kier alpha value is -3.35. The van der Waals surface area contributed by atoms with Crippen molar-refractivity contribution in [1.29, 1.82) is 0 Å². The van der Waals surface area contributed by atoms with Crippen molar-refractivity contribution in [2.75, 3.05) is 20.2 Å². The Morgan fingerprint density at radius 1 is 1.23 bits per heavy atom. The van der Waals surface area contributed by atoms with E-state index in [4.69, 9.17) is 4.74 Å². The van der Waals surface area contributed by atoms with Crippen LogP contribution in [0.25, 0.3) is 0 Å². The predicted octanol–water partition coefficient (Wildman–Crippen LogP) is 2.06. The van der Waals surface area contributed by atoms with Gasteiger partial charge in [0.05, 0.1) is 7.11 Å². The van der Waals surface area contributed by atoms with Crippen molar-refractivity contribution in [2.24, 2.45) is 0 Å². The van der Waals surface area contributed by atoms with E-state index in [1.165, 1.54) is 0 Å². The number of urea groups is 1. The van der Waals surface area contributed by atoms with E-state index in [1.54, 1.807) is 7.11 Å². The second kappa shape index (κ2) is 7.82. The molecule has 1 saturated heterocycles. The molecule has 2 aromatic rings. The molecular weight excluding hydrogens is 382 g/mol. The lowest BCUT2D eigenvalue weighted by Gasteiger charge is -2.22. The summed E-state index contributed by atoms with van der Waals surface area (Å²) in [4.78, 5) is 39.1. The van der Waals surface area contributed by atoms with E-state index in [2.05, 4.69) is 10.6 Å². The molecule has 0 aromatic heterocycles. The van der Waals surface area contributed by atoms with Crippen LogP contribution < -0.4 is 15.4 Å². The minimum Gasteiger partial charge on any atom is -0.496 e. The summed E-state index contributed by atoms with van der Waals surface area (Å²) in [5.74, 6) is 0.0483. The molecule has 1 fully saturated rings. The summed E-state index contributed by atoms with van der Waals surface area (Å²) < 4.78 is 5.36. The second-order valence-corrected chi connectivity index (χ2v) is 7.80. The molecule has 4 amide bonds. The first-order valence-corrected chi connectivity index (χ1v) is 10.1. The first-order valence-electron chi connectivity index (χ1n) is 10.1. The van der Waals surface area contributed by atoms with Crippen molar-refractivity contribution in [3.63, 3.8) is 0 Å². The van der Waals surface area contributed by atoms with E-state index >= 15 is 0 Å². The molecule has 1 heterocycles. The SMILES string of the molecule is COc1ccc(C)cc1CCNC(=O)CN1C(=O)N[C@]2(CCc3ccccc32)C1=O. The number of imide groups is 1. The van der Waals surface area contributed by atoms with Gasteiger partial charge in [-0.1, -0.05) is 42.0 Å². The van der Waals surface area contributed by atoms with Gasteiger partial charge in [0, 0.05) is 6.54 Å². The summed E-state index contributed by atoms with van der Waals surface area (Å²) in [5, 5.41) is 5.63. The Balaban J connectivity index is 1.38. The van der Waals surface area contributed by atoms with Gasteiger partial charge in [-0.15, -0.1) is 0 Å². The maximum Gasteiger partial charge on any atom is 0.325 e. The third-order valence-corrected chi connectivity index (χ3v) is 5.88. The lowest BCUT2D eigenvalue weighted by Crippen LogP contribution is -2.44. The van der Waals surface area contributed by atoms with Gasteiger partial charge in [-0.05, 0) is 48.9 Å². The Labute approximate surface area is 175 Å². The number of carbonyl (C=O) groups is 3. The van der Waals surface area contributed by atoms with E-state index in [-0.39, 0.29) is 18.4 Å². The van der Waals surface area contributed by atoms with E-state index in [1.807, 2.05) is 49.4 Å². The molecule has 30 heavy (non-hydrogen) atoms. The first kappa shape index (κ1) is 19.9. The van der Waals surface area contributed by atoms with Gasteiger partial charge < -0.3 is 15.4 Å². The summed E-state index contributed by atoms with van der Waals surface area (Å²) in [6, 6.07) is 13.0. The summed E-state index contributed by atoms with van der Waals surface area (Å²) in [5.41, 5.74) is 2.96. The molecule has 0 unspecified atom stereocenters. The number of rotatable bonds is 6. The van der Waals surface area contributed by atoms with Gasteiger partial charge in [-0.3, -0.25) is 14.5 Å². The van der Waals surface area contributed by atoms with Crippen molar-refractivity contribution in [3.05, 3.63) is 64.7 Å². The quantitative estimate of drug-likeness (QED) is 0.718. The molecule has 2 N–H and O–H groups in total. The van der Waals surface area contributed by atoms with Crippen LogP contribution in [0.2, 0.25) is 0 Å². The molecule has 0 bridgehead atoms. The zero-order chi connectivity index (χ0) is 21.3. The Morgan fingerprint density at radius 2 is 2.03 bits per heavy atom. The average molecular weight is 407 g/mol. The lowest BCUT2D eigenvalue weighted by atomic mass is 9.92. The number of carbonyl (C=O) groups excluding carboxylic acids is 3. The monoisotopic (exact) mass is 407 g/mol. The largest absolute Gasteiger partial charge is 0.496 e. The minimum absolute atomic E-state index is 0.292. The number of amides is 4. The van der Waals surface area contributed by atoms with Crippen LogP contribution in [0, 0.1) is 6.92 Å². The molecule has 2 aliphatic rings. The maximum absolute atomic E-state index is 13.1. The van der Waals surface area contributed by atoms with Gasteiger partial charge in [-0.25, -0.2) is 4.79 Å². The molecule has 1 atom stereocenters. The number of hydrogen-bond donors (Lipinski definition) is 2. The molecule has 7 heteroatoms. The van der Waals surface area contributed by atoms with Crippen LogP contribution in [-0.4, -0.2) is 42.9 Å². The fourth-order valence-electron chi connectivity index (χ4n) is 4.37. The van der Waals surface area contributed by atoms with Gasteiger partial charge >= 0.3 is 6.03 Å². The van der Waals surface area contributed by atoms with Gasteiger partial charge in [0.15, 0.2) is 0 Å². The Kier molecular flexibility index (Phi) is 5.20. The molecule has 1 aliphatic carbocycles. The number of nitrogens with one attached hydrogen (secondary N) is 2. The predicted molar refractivity (Wildman–Crippen MR) is 111 cm³/mol. The Bertz CT molecular complexity index is 1020. The highest BCUT2D eigenvalue weighted by Gasteiger charge is 2.55. The van der Waals surface area contributed by atoms with Crippen LogP contribution in [0.15, 0.2) is 42.5 Å². The average Bonchev–Trinajstić information content (AvgIpc) is 3.22. The highest BCUT2D eigenvalue weighted by atomic mass is 16.5. The molecule has 156 valence electrons. The molecule has 2 aromatic carbocycles. The van der Waals surface area contributed by atoms with Crippen LogP contribution in [0.4, 0.5) is 4.79 Å². The number of benzene rings is 2. The standard InChI is InChI=1S/C23H25N3O4/c1-15-7-8-19(30-2)17(13-15)10-12-24-20(27)14-26-21(28)23(25-22(26)29)11-9-16-5-3-4-6-18(16)23/h3-8,13H,9-12,14H2,1-2H3,(H,24,27)(H,25,29)/t23-/m0/s1. The van der Waals surface area contributed by atoms with Crippen molar-refractivity contribution in [3.8, 4) is 5.75 Å². The molecule has 0 saturated carbocycles. The molecule has 1 spiro atoms. The zero-order valence-electron chi connectivity index (χ0n) is 17.2. The number of nitrogens with zero attached hydrogens (tertiary/aromatic N) is 1. The summed E-state index contributed by atoms with van der Waals surface area (Å²) in [7, 11) is 1.61. The van der Waals surface area contributed by atoms with Crippen LogP contribution in [0.3, 0.4) is 0 Å². The lowest BCUT2D eigenvalue weighted by molar-refractivity contribution is -0.135. The van der Waals surface area contributed by atoms with E-state index in [0.717, 1.165) is 39.3 Å². The van der Waals surface area contributed by atoms with E-state index in [9.17, 15) is 14.4 Å². The third kappa shape index (κ3) is 3.40. The summed E-state index contributed by atoms with van der Waals surface area (Å²) in [6.07, 6.45) is 1.83. The number of methoxy groups -OCH3 is 1. The van der Waals surface area contributed by atoms with Gasteiger partial charge in [0.25, 0.3) is 5.91 Å². The van der Waals surface area contributed by atoms with E-state index in [0.29, 0.717) is 19.4 Å². The van der Waals surface area contributed by atoms with Crippen LogP contribution in [0.1, 0.15) is 28.7 Å². The minimum atomic E-state index is -1.04. The number of fused-ring (bicyclic) bond motifs is 2. The fraction of sp³-hybridized carbons (Fsp3) is 0.348. The van der Waals surface area contributed by atoms with Crippen molar-refractivity contribution in [2.45, 2.75) is 31.7 Å². The molecule has 1 aliphatic heterocycles.